The third-order valence-electron chi connectivity index (χ3n) is 4.91. The van der Waals surface area contributed by atoms with Crippen LogP contribution in [0, 0.1) is 12.7 Å². The Bertz CT molecular complexity index is 1020. The number of carbonyl (C=O) groups is 3. The fraction of sp³-hybridized carbons (Fsp3) is 0.286. The number of hydrogen-bond donors (Lipinski definition) is 2. The number of halogens is 4. The number of alkyl carbamates (subject to hydrolysis) is 1. The molecule has 1 atom stereocenters. The van der Waals surface area contributed by atoms with E-state index in [0.717, 1.165) is 5.56 Å². The first kappa shape index (κ1) is 22.3. The van der Waals surface area contributed by atoms with Gasteiger partial charge in [0.25, 0.3) is 0 Å². The summed E-state index contributed by atoms with van der Waals surface area (Å²) in [6.07, 6.45) is -5.89. The van der Waals surface area contributed by atoms with Gasteiger partial charge in [0.1, 0.15) is 12.4 Å². The summed E-state index contributed by atoms with van der Waals surface area (Å²) < 4.78 is 57.2. The summed E-state index contributed by atoms with van der Waals surface area (Å²) in [6, 6.07) is 8.37. The third kappa shape index (κ3) is 5.01. The second kappa shape index (κ2) is 8.75. The second-order valence-electron chi connectivity index (χ2n) is 7.00. The van der Waals surface area contributed by atoms with Crippen molar-refractivity contribution in [2.24, 2.45) is 0 Å². The zero-order chi connectivity index (χ0) is 22.8. The van der Waals surface area contributed by atoms with Gasteiger partial charge in [0.05, 0.1) is 11.7 Å². The van der Waals surface area contributed by atoms with Crippen LogP contribution in [0.2, 0.25) is 0 Å². The topological polar surface area (TPSA) is 84.5 Å². The lowest BCUT2D eigenvalue weighted by atomic mass is 9.83. The maximum absolute atomic E-state index is 14.2. The molecule has 0 radical (unpaired) electrons. The molecule has 164 valence electrons. The van der Waals surface area contributed by atoms with Gasteiger partial charge in [0.2, 0.25) is 0 Å². The Morgan fingerprint density at radius 2 is 1.87 bits per heavy atom. The van der Waals surface area contributed by atoms with E-state index in [4.69, 9.17) is 4.74 Å². The molecule has 0 spiro atoms. The van der Waals surface area contributed by atoms with E-state index in [1.807, 2.05) is 0 Å². The number of hydrogen-bond acceptors (Lipinski definition) is 4. The van der Waals surface area contributed by atoms with Crippen molar-refractivity contribution in [2.75, 3.05) is 5.32 Å². The molecule has 2 N–H and O–H groups in total. The number of Topliss-reactive ketones (excluding diaryl/α,β-unsaturated/α-hetero) is 1. The molecule has 2 aromatic rings. The molecule has 0 aromatic heterocycles. The van der Waals surface area contributed by atoms with Crippen molar-refractivity contribution in [3.8, 4) is 0 Å². The maximum Gasteiger partial charge on any atom is 0.471 e. The zero-order valence-electron chi connectivity index (χ0n) is 16.3. The van der Waals surface area contributed by atoms with E-state index in [2.05, 4.69) is 5.32 Å². The normalized spacial score (nSPS) is 15.8. The van der Waals surface area contributed by atoms with Crippen molar-refractivity contribution < 1.29 is 36.7 Å². The number of benzene rings is 2. The summed E-state index contributed by atoms with van der Waals surface area (Å²) in [4.78, 5) is 36.4. The Balaban J connectivity index is 1.79. The first-order valence-corrected chi connectivity index (χ1v) is 9.29. The molecule has 0 fully saturated rings. The van der Waals surface area contributed by atoms with Gasteiger partial charge in [-0.3, -0.25) is 9.59 Å². The molecule has 6 nitrogen and oxygen atoms in total. The molecule has 0 aliphatic heterocycles. The summed E-state index contributed by atoms with van der Waals surface area (Å²) in [5, 5.41) is 3.95. The van der Waals surface area contributed by atoms with Crippen LogP contribution in [0.5, 0.6) is 0 Å². The first-order chi connectivity index (χ1) is 14.6. The van der Waals surface area contributed by atoms with Gasteiger partial charge in [-0.2, -0.15) is 13.2 Å². The fourth-order valence-electron chi connectivity index (χ4n) is 3.33. The van der Waals surface area contributed by atoms with Gasteiger partial charge in [0.15, 0.2) is 5.78 Å². The molecule has 2 amide bonds. The van der Waals surface area contributed by atoms with E-state index < -0.39 is 41.5 Å². The van der Waals surface area contributed by atoms with Crippen LogP contribution in [0.4, 0.5) is 28.0 Å². The minimum Gasteiger partial charge on any atom is -0.445 e. The van der Waals surface area contributed by atoms with Crippen LogP contribution in [0.1, 0.15) is 33.5 Å². The summed E-state index contributed by atoms with van der Waals surface area (Å²) in [7, 11) is 0. The number of rotatable bonds is 4. The number of fused-ring (bicyclic) bond motifs is 1. The molecule has 0 bridgehead atoms. The summed E-state index contributed by atoms with van der Waals surface area (Å²) in [6.45, 7) is 1.35. The van der Waals surface area contributed by atoms with Crippen LogP contribution in [0.15, 0.2) is 36.4 Å². The Labute approximate surface area is 174 Å². The number of ketones is 1. The highest BCUT2D eigenvalue weighted by atomic mass is 19.4. The second-order valence-corrected chi connectivity index (χ2v) is 7.00. The lowest BCUT2D eigenvalue weighted by Gasteiger charge is -2.27. The fourth-order valence-corrected chi connectivity index (χ4v) is 3.33. The maximum atomic E-state index is 14.2. The van der Waals surface area contributed by atoms with Gasteiger partial charge >= 0.3 is 18.2 Å². The van der Waals surface area contributed by atoms with Crippen molar-refractivity contribution in [3.05, 3.63) is 64.5 Å². The molecule has 3 rings (SSSR count). The van der Waals surface area contributed by atoms with Crippen LogP contribution < -0.4 is 10.6 Å². The molecule has 0 heterocycles. The van der Waals surface area contributed by atoms with Gasteiger partial charge in [-0.25, -0.2) is 9.18 Å². The predicted octanol–water partition coefficient (Wildman–Crippen LogP) is 4.06. The molecular weight excluding hydrogens is 420 g/mol. The van der Waals surface area contributed by atoms with Gasteiger partial charge in [-0.15, -0.1) is 0 Å². The van der Waals surface area contributed by atoms with Crippen LogP contribution >= 0.6 is 0 Å². The van der Waals surface area contributed by atoms with E-state index in [9.17, 15) is 31.9 Å². The Kier molecular flexibility index (Phi) is 6.28. The number of alkyl halides is 3. The van der Waals surface area contributed by atoms with Crippen LogP contribution in [0.3, 0.4) is 0 Å². The largest absolute Gasteiger partial charge is 0.471 e. The highest BCUT2D eigenvalue weighted by molar-refractivity contribution is 6.10. The molecule has 0 saturated carbocycles. The molecule has 1 aliphatic carbocycles. The zero-order valence-corrected chi connectivity index (χ0v) is 16.3. The van der Waals surface area contributed by atoms with Gasteiger partial charge in [0, 0.05) is 5.56 Å². The van der Waals surface area contributed by atoms with Gasteiger partial charge in [-0.1, -0.05) is 30.3 Å². The lowest BCUT2D eigenvalue weighted by molar-refractivity contribution is -0.167. The van der Waals surface area contributed by atoms with Crippen molar-refractivity contribution in [3.63, 3.8) is 0 Å². The van der Waals surface area contributed by atoms with E-state index in [0.29, 0.717) is 6.07 Å². The third-order valence-corrected chi connectivity index (χ3v) is 4.91. The Morgan fingerprint density at radius 1 is 1.19 bits per heavy atom. The molecule has 10 heteroatoms. The molecule has 1 aliphatic rings. The average molecular weight is 438 g/mol. The monoisotopic (exact) mass is 438 g/mol. The average Bonchev–Trinajstić information content (AvgIpc) is 2.71. The van der Waals surface area contributed by atoms with Crippen molar-refractivity contribution in [1.29, 1.82) is 0 Å². The van der Waals surface area contributed by atoms with E-state index in [1.54, 1.807) is 35.6 Å². The van der Waals surface area contributed by atoms with Crippen molar-refractivity contribution >= 4 is 23.5 Å². The number of amides is 2. The highest BCUT2D eigenvalue weighted by Crippen LogP contribution is 2.33. The lowest BCUT2D eigenvalue weighted by Crippen LogP contribution is -2.44. The van der Waals surface area contributed by atoms with Gasteiger partial charge in [-0.05, 0) is 42.5 Å². The molecule has 2 aromatic carbocycles. The number of nitrogens with one attached hydrogen (secondary N) is 2. The van der Waals surface area contributed by atoms with Gasteiger partial charge < -0.3 is 15.4 Å². The van der Waals surface area contributed by atoms with Crippen molar-refractivity contribution in [2.45, 2.75) is 38.6 Å². The summed E-state index contributed by atoms with van der Waals surface area (Å²) in [5.41, 5.74) is 0.170. The van der Waals surface area contributed by atoms with Crippen molar-refractivity contribution in [1.82, 2.24) is 5.32 Å². The Hall–Kier alpha value is -3.43. The summed E-state index contributed by atoms with van der Waals surface area (Å²) >= 11 is 0. The van der Waals surface area contributed by atoms with Crippen LogP contribution in [-0.2, 0) is 22.6 Å². The minimum absolute atomic E-state index is 0.0403. The molecule has 0 saturated heterocycles. The first-order valence-electron chi connectivity index (χ1n) is 9.29. The van der Waals surface area contributed by atoms with E-state index >= 15 is 0 Å². The molecule has 31 heavy (non-hydrogen) atoms. The Morgan fingerprint density at radius 3 is 2.52 bits per heavy atom. The quantitative estimate of drug-likeness (QED) is 0.706. The number of anilines is 1. The van der Waals surface area contributed by atoms with Crippen LogP contribution in [0.25, 0.3) is 0 Å². The van der Waals surface area contributed by atoms with E-state index in [-0.39, 0.29) is 36.1 Å². The standard InChI is InChI=1S/C21H18F4N2O4/c1-11-13-7-8-15(27-20(30)31-10-12-5-3-2-4-6-12)18(28)17(13)16(9-14(11)22)26-19(29)21(23,24)25/h2-6,9,15H,7-8,10H2,1H3,(H,26,29)(H,27,30)/t15-/m0/s1. The predicted molar refractivity (Wildman–Crippen MR) is 102 cm³/mol. The molecule has 0 unspecified atom stereocenters. The van der Waals surface area contributed by atoms with E-state index in [1.165, 1.54) is 6.92 Å². The van der Waals surface area contributed by atoms with Crippen LogP contribution in [-0.4, -0.2) is 30.0 Å². The minimum atomic E-state index is -5.22. The highest BCUT2D eigenvalue weighted by Gasteiger charge is 2.40. The number of ether oxygens (including phenoxy) is 1. The summed E-state index contributed by atoms with van der Waals surface area (Å²) in [5.74, 6) is -3.92. The SMILES string of the molecule is Cc1c(F)cc(NC(=O)C(F)(F)F)c2c1CC[C@H](NC(=O)OCc1ccccc1)C2=O. The number of carbonyl (C=O) groups excluding carboxylic acids is 3. The smallest absolute Gasteiger partial charge is 0.445 e. The molecular formula is C21H18F4N2O4.